The Balaban J connectivity index is 1.54. The van der Waals surface area contributed by atoms with Gasteiger partial charge in [-0.3, -0.25) is 24.2 Å². The predicted octanol–water partition coefficient (Wildman–Crippen LogP) is 3.45. The summed E-state index contributed by atoms with van der Waals surface area (Å²) in [6.07, 6.45) is 3.09. The third-order valence-electron chi connectivity index (χ3n) is 8.71. The molecule has 0 radical (unpaired) electrons. The molecule has 0 spiro atoms. The molecule has 0 aliphatic carbocycles. The molecular weight excluding hydrogens is 687 g/mol. The summed E-state index contributed by atoms with van der Waals surface area (Å²) in [4.78, 5) is 60.3. The Hall–Kier alpha value is -5.62. The van der Waals surface area contributed by atoms with Crippen LogP contribution in [-0.2, 0) is 38.4 Å². The fourth-order valence-electron chi connectivity index (χ4n) is 5.97. The Labute approximate surface area is 315 Å². The zero-order valence-corrected chi connectivity index (χ0v) is 30.8. The number of carbonyl (C=O) groups excluding carboxylic acids is 4. The number of aliphatic imine (C=N–C) groups is 1. The fourth-order valence-corrected chi connectivity index (χ4v) is 6.54. The molecular formula is C41H49N7O4S. The van der Waals surface area contributed by atoms with E-state index >= 15 is 0 Å². The van der Waals surface area contributed by atoms with E-state index in [0.29, 0.717) is 12.8 Å². The van der Waals surface area contributed by atoms with Crippen LogP contribution in [0.2, 0.25) is 0 Å². The van der Waals surface area contributed by atoms with Crippen molar-refractivity contribution in [2.75, 3.05) is 25.1 Å². The van der Waals surface area contributed by atoms with Crippen LogP contribution in [0.25, 0.3) is 11.1 Å². The summed E-state index contributed by atoms with van der Waals surface area (Å²) in [5.74, 6) is -1.79. The summed E-state index contributed by atoms with van der Waals surface area (Å²) in [6, 6.07) is 33.6. The topological polar surface area (TPSA) is 186 Å². The van der Waals surface area contributed by atoms with Crippen LogP contribution in [-0.4, -0.2) is 77.7 Å². The highest BCUT2D eigenvalue weighted by Gasteiger charge is 2.34. The quantitative estimate of drug-likeness (QED) is 0.0523. The molecule has 11 nitrogen and oxygen atoms in total. The maximum atomic E-state index is 14.6. The van der Waals surface area contributed by atoms with Gasteiger partial charge in [0.25, 0.3) is 0 Å². The summed E-state index contributed by atoms with van der Waals surface area (Å²) >= 11 is 1.39. The molecule has 0 aromatic heterocycles. The van der Waals surface area contributed by atoms with Crippen LogP contribution in [0.5, 0.6) is 0 Å². The zero-order chi connectivity index (χ0) is 38.0. The molecule has 4 aromatic carbocycles. The Morgan fingerprint density at radius 3 is 1.89 bits per heavy atom. The van der Waals surface area contributed by atoms with Crippen LogP contribution in [0, 0.1) is 0 Å². The van der Waals surface area contributed by atoms with Gasteiger partial charge in [0.05, 0.1) is 6.42 Å². The van der Waals surface area contributed by atoms with Crippen LogP contribution < -0.4 is 27.8 Å². The van der Waals surface area contributed by atoms with E-state index in [2.05, 4.69) is 15.6 Å². The number of hydrogen-bond donors (Lipinski definition) is 5. The van der Waals surface area contributed by atoms with Gasteiger partial charge in [-0.15, -0.1) is 0 Å². The second-order valence-electron chi connectivity index (χ2n) is 12.7. The summed E-state index contributed by atoms with van der Waals surface area (Å²) < 4.78 is 0. The highest BCUT2D eigenvalue weighted by Crippen LogP contribution is 2.20. The first-order valence-electron chi connectivity index (χ1n) is 17.6. The van der Waals surface area contributed by atoms with Crippen molar-refractivity contribution in [3.63, 3.8) is 0 Å². The normalized spacial score (nSPS) is 12.5. The highest BCUT2D eigenvalue weighted by molar-refractivity contribution is 7.98. The lowest BCUT2D eigenvalue weighted by Gasteiger charge is -2.34. The Morgan fingerprint density at radius 2 is 1.30 bits per heavy atom. The SMILES string of the molecule is CSC[C@H](NC(=O)Cc1ccc(-c2ccccc2)cc1)C(=O)N[C@H](CCCN=C(N)N)C(=O)N(CCc1ccccc1)[C@@H](Cc1ccccc1)C(N)=O. The second kappa shape index (κ2) is 21.0. The van der Waals surface area contributed by atoms with Crippen molar-refractivity contribution in [3.8, 4) is 11.1 Å². The summed E-state index contributed by atoms with van der Waals surface area (Å²) in [5.41, 5.74) is 21.8. The highest BCUT2D eigenvalue weighted by atomic mass is 32.2. The third-order valence-corrected chi connectivity index (χ3v) is 9.38. The smallest absolute Gasteiger partial charge is 0.245 e. The molecule has 0 fully saturated rings. The van der Waals surface area contributed by atoms with Gasteiger partial charge in [-0.2, -0.15) is 11.8 Å². The number of guanidine groups is 1. The third kappa shape index (κ3) is 13.1. The van der Waals surface area contributed by atoms with Crippen LogP contribution >= 0.6 is 11.8 Å². The van der Waals surface area contributed by atoms with Gasteiger partial charge in [0.1, 0.15) is 18.1 Å². The molecule has 0 aliphatic heterocycles. The molecule has 4 rings (SSSR count). The average Bonchev–Trinajstić information content (AvgIpc) is 3.16. The van der Waals surface area contributed by atoms with Crippen molar-refractivity contribution in [3.05, 3.63) is 132 Å². The van der Waals surface area contributed by atoms with Gasteiger partial charge in [-0.05, 0) is 53.3 Å². The summed E-state index contributed by atoms with van der Waals surface area (Å²) in [6.45, 7) is 0.404. The minimum atomic E-state index is -1.06. The number of amides is 4. The first-order chi connectivity index (χ1) is 25.6. The lowest BCUT2D eigenvalue weighted by atomic mass is 10.0. The zero-order valence-electron chi connectivity index (χ0n) is 30.0. The average molecular weight is 736 g/mol. The van der Waals surface area contributed by atoms with E-state index in [1.54, 1.807) is 0 Å². The molecule has 3 atom stereocenters. The number of carbonyl (C=O) groups is 4. The molecule has 4 aromatic rings. The molecule has 0 bridgehead atoms. The van der Waals surface area contributed by atoms with Gasteiger partial charge < -0.3 is 32.7 Å². The first kappa shape index (κ1) is 40.2. The second-order valence-corrected chi connectivity index (χ2v) is 13.6. The first-order valence-corrected chi connectivity index (χ1v) is 19.0. The molecule has 0 aliphatic rings. The maximum absolute atomic E-state index is 14.6. The van der Waals surface area contributed by atoms with Gasteiger partial charge in [0.2, 0.25) is 23.6 Å². The molecule has 278 valence electrons. The number of nitrogens with zero attached hydrogens (tertiary/aromatic N) is 2. The molecule has 12 heteroatoms. The van der Waals surface area contributed by atoms with E-state index in [0.717, 1.165) is 27.8 Å². The predicted molar refractivity (Wildman–Crippen MR) is 213 cm³/mol. The summed E-state index contributed by atoms with van der Waals surface area (Å²) in [5, 5.41) is 5.76. The number of nitrogens with one attached hydrogen (secondary N) is 2. The molecule has 8 N–H and O–H groups in total. The van der Waals surface area contributed by atoms with E-state index in [9.17, 15) is 19.2 Å². The molecule has 4 amide bonds. The Kier molecular flexibility index (Phi) is 15.9. The van der Waals surface area contributed by atoms with E-state index < -0.39 is 35.8 Å². The minimum Gasteiger partial charge on any atom is -0.370 e. The van der Waals surface area contributed by atoms with Gasteiger partial charge in [0.15, 0.2) is 5.96 Å². The number of thioether (sulfide) groups is 1. The number of hydrogen-bond acceptors (Lipinski definition) is 6. The lowest BCUT2D eigenvalue weighted by molar-refractivity contribution is -0.143. The summed E-state index contributed by atoms with van der Waals surface area (Å²) in [7, 11) is 0. The Morgan fingerprint density at radius 1 is 0.717 bits per heavy atom. The minimum absolute atomic E-state index is 0.0706. The Bertz CT molecular complexity index is 1790. The van der Waals surface area contributed by atoms with Gasteiger partial charge in [-0.1, -0.05) is 115 Å². The van der Waals surface area contributed by atoms with E-state index in [1.807, 2.05) is 122 Å². The van der Waals surface area contributed by atoms with E-state index in [4.69, 9.17) is 17.2 Å². The lowest BCUT2D eigenvalue weighted by Crippen LogP contribution is -2.59. The van der Waals surface area contributed by atoms with Crippen molar-refractivity contribution in [1.29, 1.82) is 0 Å². The number of nitrogens with two attached hydrogens (primary N) is 3. The number of rotatable bonds is 20. The molecule has 0 unspecified atom stereocenters. The van der Waals surface area contributed by atoms with Crippen molar-refractivity contribution in [2.45, 2.75) is 50.2 Å². The van der Waals surface area contributed by atoms with Crippen LogP contribution in [0.3, 0.4) is 0 Å². The molecule has 53 heavy (non-hydrogen) atoms. The molecule has 0 saturated carbocycles. The van der Waals surface area contributed by atoms with Crippen molar-refractivity contribution in [1.82, 2.24) is 15.5 Å². The molecule has 0 saturated heterocycles. The van der Waals surface area contributed by atoms with Crippen molar-refractivity contribution >= 4 is 41.4 Å². The van der Waals surface area contributed by atoms with Crippen molar-refractivity contribution < 1.29 is 19.2 Å². The number of benzene rings is 4. The largest absolute Gasteiger partial charge is 0.370 e. The van der Waals surface area contributed by atoms with Crippen LogP contribution in [0.4, 0.5) is 0 Å². The number of primary amides is 1. The molecule has 0 heterocycles. The van der Waals surface area contributed by atoms with E-state index in [-0.39, 0.29) is 50.0 Å². The van der Waals surface area contributed by atoms with Gasteiger partial charge in [-0.25, -0.2) is 0 Å². The van der Waals surface area contributed by atoms with E-state index in [1.165, 1.54) is 16.7 Å². The van der Waals surface area contributed by atoms with Crippen molar-refractivity contribution in [2.24, 2.45) is 22.2 Å². The van der Waals surface area contributed by atoms with Crippen LogP contribution in [0.15, 0.2) is 120 Å². The standard InChI is InChI=1S/C41H49N7O4S/c1-53-28-35(46-37(49)27-31-19-21-33(22-20-31)32-16-9-4-10-17-32)39(51)47-34(18-11-24-45-41(43)44)40(52)48(25-23-29-12-5-2-6-13-29)36(38(42)50)26-30-14-7-3-8-15-30/h2-10,12-17,19-22,34-36H,11,18,23-28H2,1H3,(H2,42,50)(H,46,49)(H,47,51)(H4,43,44,45)/t34-,35+,36+/m1/s1. The monoisotopic (exact) mass is 735 g/mol. The fraction of sp³-hybridized carbons (Fsp3) is 0.293. The van der Waals surface area contributed by atoms with Gasteiger partial charge >= 0.3 is 0 Å². The van der Waals surface area contributed by atoms with Gasteiger partial charge in [0, 0.05) is 25.3 Å². The maximum Gasteiger partial charge on any atom is 0.245 e. The van der Waals surface area contributed by atoms with Crippen LogP contribution in [0.1, 0.15) is 29.5 Å².